The molecule has 0 atom stereocenters. The second-order valence-electron chi connectivity index (χ2n) is 3.47. The molecule has 94 valence electrons. The minimum atomic E-state index is -0.287. The quantitative estimate of drug-likeness (QED) is 0.846. The fraction of sp³-hybridized carbons (Fsp3) is 0.167. The van der Waals surface area contributed by atoms with Crippen molar-refractivity contribution in [1.82, 2.24) is 10.3 Å². The van der Waals surface area contributed by atoms with Crippen molar-refractivity contribution in [2.24, 2.45) is 0 Å². The Labute approximate surface area is 114 Å². The molecule has 2 N–H and O–H groups in total. The van der Waals surface area contributed by atoms with Crippen molar-refractivity contribution in [3.8, 4) is 11.3 Å². The van der Waals surface area contributed by atoms with Gasteiger partial charge in [0, 0.05) is 23.4 Å². The molecule has 0 bridgehead atoms. The van der Waals surface area contributed by atoms with Crippen LogP contribution in [0.5, 0.6) is 0 Å². The van der Waals surface area contributed by atoms with E-state index in [4.69, 9.17) is 11.6 Å². The summed E-state index contributed by atoms with van der Waals surface area (Å²) in [6, 6.07) is 9.53. The number of nitrogens with one attached hydrogen (secondary N) is 2. The van der Waals surface area contributed by atoms with Crippen molar-refractivity contribution in [1.29, 1.82) is 0 Å². The summed E-state index contributed by atoms with van der Waals surface area (Å²) in [5.41, 5.74) is 1.89. The van der Waals surface area contributed by atoms with Crippen LogP contribution in [0.25, 0.3) is 11.3 Å². The number of hydrogen-bond donors (Lipinski definition) is 2. The Morgan fingerprint density at radius 3 is 2.83 bits per heavy atom. The van der Waals surface area contributed by atoms with Crippen LogP contribution in [-0.2, 0) is 0 Å². The summed E-state index contributed by atoms with van der Waals surface area (Å²) < 4.78 is 0. The Kier molecular flexibility index (Phi) is 4.55. The summed E-state index contributed by atoms with van der Waals surface area (Å²) in [6.45, 7) is 0.435. The van der Waals surface area contributed by atoms with Gasteiger partial charge in [0.2, 0.25) is 0 Å². The topological polar surface area (TPSA) is 54.0 Å². The molecule has 0 aliphatic heterocycles. The van der Waals surface area contributed by atoms with Gasteiger partial charge in [-0.25, -0.2) is 9.78 Å². The molecule has 2 rings (SSSR count). The molecule has 0 unspecified atom stereocenters. The Bertz CT molecular complexity index is 515. The van der Waals surface area contributed by atoms with E-state index in [1.165, 1.54) is 11.3 Å². The van der Waals surface area contributed by atoms with Gasteiger partial charge < -0.3 is 5.32 Å². The van der Waals surface area contributed by atoms with Crippen molar-refractivity contribution in [3.63, 3.8) is 0 Å². The molecule has 2 amide bonds. The molecular formula is C12H12ClN3OS. The maximum Gasteiger partial charge on any atom is 0.321 e. The van der Waals surface area contributed by atoms with Crippen LogP contribution in [0.3, 0.4) is 0 Å². The van der Waals surface area contributed by atoms with Gasteiger partial charge in [-0.15, -0.1) is 22.9 Å². The lowest BCUT2D eigenvalue weighted by Crippen LogP contribution is -2.30. The van der Waals surface area contributed by atoms with Gasteiger partial charge >= 0.3 is 6.03 Å². The number of carbonyl (C=O) groups is 1. The Hall–Kier alpha value is -1.59. The second-order valence-corrected chi connectivity index (χ2v) is 4.71. The predicted octanol–water partition coefficient (Wildman–Crippen LogP) is 3.17. The van der Waals surface area contributed by atoms with Crippen LogP contribution < -0.4 is 10.6 Å². The van der Waals surface area contributed by atoms with Gasteiger partial charge in [0.15, 0.2) is 5.13 Å². The SMILES string of the molecule is O=C(NCCCl)Nc1nc(-c2ccccc2)cs1. The minimum absolute atomic E-state index is 0.287. The first-order chi connectivity index (χ1) is 8.79. The maximum atomic E-state index is 11.4. The maximum absolute atomic E-state index is 11.4. The van der Waals surface area contributed by atoms with E-state index >= 15 is 0 Å². The number of thiazole rings is 1. The molecule has 0 fully saturated rings. The van der Waals surface area contributed by atoms with Crippen LogP contribution in [0.2, 0.25) is 0 Å². The van der Waals surface area contributed by atoms with Crippen molar-refractivity contribution in [2.75, 3.05) is 17.7 Å². The molecule has 18 heavy (non-hydrogen) atoms. The Morgan fingerprint density at radius 1 is 1.33 bits per heavy atom. The first-order valence-electron chi connectivity index (χ1n) is 5.41. The lowest BCUT2D eigenvalue weighted by Gasteiger charge is -2.02. The number of rotatable bonds is 4. The number of hydrogen-bond acceptors (Lipinski definition) is 3. The molecule has 4 nitrogen and oxygen atoms in total. The third-order valence-electron chi connectivity index (χ3n) is 2.17. The van der Waals surface area contributed by atoms with Gasteiger partial charge in [-0.3, -0.25) is 5.32 Å². The van der Waals surface area contributed by atoms with E-state index in [1.807, 2.05) is 35.7 Å². The summed E-state index contributed by atoms with van der Waals surface area (Å²) in [5.74, 6) is 0.389. The average molecular weight is 282 g/mol. The molecule has 6 heteroatoms. The fourth-order valence-electron chi connectivity index (χ4n) is 1.37. The van der Waals surface area contributed by atoms with Gasteiger partial charge in [0.05, 0.1) is 5.69 Å². The molecule has 2 aromatic rings. The van der Waals surface area contributed by atoms with Gasteiger partial charge in [-0.2, -0.15) is 0 Å². The molecule has 1 aromatic heterocycles. The molecule has 0 aliphatic rings. The number of urea groups is 1. The largest absolute Gasteiger partial charge is 0.337 e. The average Bonchev–Trinajstić information content (AvgIpc) is 2.86. The lowest BCUT2D eigenvalue weighted by molar-refractivity contribution is 0.252. The third kappa shape index (κ3) is 3.45. The Balaban J connectivity index is 2.00. The van der Waals surface area contributed by atoms with Crippen molar-refractivity contribution < 1.29 is 4.79 Å². The third-order valence-corrected chi connectivity index (χ3v) is 3.12. The van der Waals surface area contributed by atoms with Crippen LogP contribution in [0.15, 0.2) is 35.7 Å². The molecule has 1 aromatic carbocycles. The molecule has 0 spiro atoms. The van der Waals surface area contributed by atoms with Crippen molar-refractivity contribution in [2.45, 2.75) is 0 Å². The van der Waals surface area contributed by atoms with Crippen LogP contribution >= 0.6 is 22.9 Å². The number of anilines is 1. The van der Waals surface area contributed by atoms with Crippen molar-refractivity contribution in [3.05, 3.63) is 35.7 Å². The molecule has 0 saturated heterocycles. The zero-order valence-electron chi connectivity index (χ0n) is 9.52. The standard InChI is InChI=1S/C12H12ClN3OS/c13-6-7-14-11(17)16-12-15-10(8-18-12)9-4-2-1-3-5-9/h1-5,8H,6-7H2,(H2,14,15,16,17). The molecule has 0 radical (unpaired) electrons. The number of amides is 2. The summed E-state index contributed by atoms with van der Waals surface area (Å²) in [4.78, 5) is 15.7. The number of benzene rings is 1. The van der Waals surface area contributed by atoms with E-state index in [0.29, 0.717) is 17.6 Å². The zero-order chi connectivity index (χ0) is 12.8. The normalized spacial score (nSPS) is 10.1. The highest BCUT2D eigenvalue weighted by atomic mass is 35.5. The van der Waals surface area contributed by atoms with Crippen LogP contribution in [-0.4, -0.2) is 23.4 Å². The van der Waals surface area contributed by atoms with E-state index < -0.39 is 0 Å². The van der Waals surface area contributed by atoms with E-state index in [2.05, 4.69) is 15.6 Å². The Morgan fingerprint density at radius 2 is 2.11 bits per heavy atom. The molecule has 1 heterocycles. The highest BCUT2D eigenvalue weighted by molar-refractivity contribution is 7.14. The number of nitrogens with zero attached hydrogens (tertiary/aromatic N) is 1. The van der Waals surface area contributed by atoms with Crippen LogP contribution in [0, 0.1) is 0 Å². The molecule has 0 saturated carbocycles. The van der Waals surface area contributed by atoms with E-state index in [1.54, 1.807) is 0 Å². The predicted molar refractivity (Wildman–Crippen MR) is 75.3 cm³/mol. The van der Waals surface area contributed by atoms with E-state index in [9.17, 15) is 4.79 Å². The van der Waals surface area contributed by atoms with E-state index in [-0.39, 0.29) is 6.03 Å². The fourth-order valence-corrected chi connectivity index (χ4v) is 2.18. The minimum Gasteiger partial charge on any atom is -0.337 e. The number of aromatic nitrogens is 1. The summed E-state index contributed by atoms with van der Waals surface area (Å²) >= 11 is 6.87. The van der Waals surface area contributed by atoms with E-state index in [0.717, 1.165) is 11.3 Å². The zero-order valence-corrected chi connectivity index (χ0v) is 11.1. The van der Waals surface area contributed by atoms with Gasteiger partial charge in [-0.05, 0) is 0 Å². The number of alkyl halides is 1. The first kappa shape index (κ1) is 12.9. The summed E-state index contributed by atoms with van der Waals surface area (Å²) in [7, 11) is 0. The van der Waals surface area contributed by atoms with Crippen molar-refractivity contribution >= 4 is 34.1 Å². The first-order valence-corrected chi connectivity index (χ1v) is 6.83. The molecule has 0 aliphatic carbocycles. The number of carbonyl (C=O) groups excluding carboxylic acids is 1. The lowest BCUT2D eigenvalue weighted by atomic mass is 10.2. The van der Waals surface area contributed by atoms with Gasteiger partial charge in [-0.1, -0.05) is 30.3 Å². The van der Waals surface area contributed by atoms with Gasteiger partial charge in [0.1, 0.15) is 0 Å². The highest BCUT2D eigenvalue weighted by Crippen LogP contribution is 2.24. The molecular weight excluding hydrogens is 270 g/mol. The summed E-state index contributed by atoms with van der Waals surface area (Å²) in [5, 5.41) is 7.76. The monoisotopic (exact) mass is 281 g/mol. The second kappa shape index (κ2) is 6.37. The van der Waals surface area contributed by atoms with Gasteiger partial charge in [0.25, 0.3) is 0 Å². The smallest absolute Gasteiger partial charge is 0.321 e. The van der Waals surface area contributed by atoms with Crippen LogP contribution in [0.1, 0.15) is 0 Å². The number of halogens is 1. The van der Waals surface area contributed by atoms with Crippen LogP contribution in [0.4, 0.5) is 9.93 Å². The highest BCUT2D eigenvalue weighted by Gasteiger charge is 2.06. The summed E-state index contributed by atoms with van der Waals surface area (Å²) in [6.07, 6.45) is 0.